The maximum absolute atomic E-state index is 12.4. The summed E-state index contributed by atoms with van der Waals surface area (Å²) in [6.07, 6.45) is 10.7. The minimum atomic E-state index is -0.173. The van der Waals surface area contributed by atoms with E-state index < -0.39 is 0 Å². The van der Waals surface area contributed by atoms with Crippen LogP contribution in [0.25, 0.3) is 16.9 Å². The van der Waals surface area contributed by atoms with Gasteiger partial charge in [0.1, 0.15) is 22.9 Å². The Morgan fingerprint density at radius 1 is 1.06 bits per heavy atom. The predicted octanol–water partition coefficient (Wildman–Crippen LogP) is 8.02. The summed E-state index contributed by atoms with van der Waals surface area (Å²) in [4.78, 5) is 17.2. The molecule has 0 amide bonds. The van der Waals surface area contributed by atoms with Crippen LogP contribution in [0.4, 0.5) is 5.82 Å². The third-order valence-electron chi connectivity index (χ3n) is 5.40. The SMILES string of the molecule is CCCCCCCCCC(=O)Oc1cccc(-c2nc3ccc(Br)cn3c2NC(C)(C)C)c1. The number of benzene rings is 1. The topological polar surface area (TPSA) is 55.6 Å². The molecule has 0 bridgehead atoms. The van der Waals surface area contributed by atoms with Crippen molar-refractivity contribution >= 4 is 33.4 Å². The lowest BCUT2D eigenvalue weighted by Gasteiger charge is -2.22. The van der Waals surface area contributed by atoms with E-state index in [0.29, 0.717) is 12.2 Å². The molecule has 1 aromatic carbocycles. The van der Waals surface area contributed by atoms with Gasteiger partial charge in [-0.15, -0.1) is 0 Å². The van der Waals surface area contributed by atoms with Gasteiger partial charge in [0.15, 0.2) is 0 Å². The molecule has 0 unspecified atom stereocenters. The summed E-state index contributed by atoms with van der Waals surface area (Å²) in [7, 11) is 0. The molecule has 0 saturated heterocycles. The molecule has 0 spiro atoms. The van der Waals surface area contributed by atoms with Crippen LogP contribution in [-0.2, 0) is 4.79 Å². The quantitative estimate of drug-likeness (QED) is 0.160. The lowest BCUT2D eigenvalue weighted by atomic mass is 10.1. The Kier molecular flexibility index (Phi) is 8.95. The summed E-state index contributed by atoms with van der Waals surface area (Å²) in [6.45, 7) is 8.59. The molecule has 2 heterocycles. The van der Waals surface area contributed by atoms with E-state index in [9.17, 15) is 4.79 Å². The molecule has 0 saturated carbocycles. The van der Waals surface area contributed by atoms with Crippen molar-refractivity contribution in [3.8, 4) is 17.0 Å². The molecular weight excluding hydrogens is 478 g/mol. The van der Waals surface area contributed by atoms with Crippen LogP contribution in [-0.4, -0.2) is 20.9 Å². The number of aromatic nitrogens is 2. The largest absolute Gasteiger partial charge is 0.427 e. The van der Waals surface area contributed by atoms with Crippen LogP contribution in [0.1, 0.15) is 79.1 Å². The number of anilines is 1. The summed E-state index contributed by atoms with van der Waals surface area (Å²) in [5.74, 6) is 1.29. The van der Waals surface area contributed by atoms with Crippen molar-refractivity contribution in [1.82, 2.24) is 9.38 Å². The summed E-state index contributed by atoms with van der Waals surface area (Å²) >= 11 is 3.56. The first-order valence-electron chi connectivity index (χ1n) is 12.0. The number of pyridine rings is 1. The summed E-state index contributed by atoms with van der Waals surface area (Å²) in [5, 5.41) is 3.58. The molecule has 5 nitrogen and oxygen atoms in total. The maximum Gasteiger partial charge on any atom is 0.311 e. The summed E-state index contributed by atoms with van der Waals surface area (Å²) in [5.41, 5.74) is 2.44. The zero-order chi connectivity index (χ0) is 23.8. The van der Waals surface area contributed by atoms with Crippen LogP contribution in [0, 0.1) is 0 Å². The summed E-state index contributed by atoms with van der Waals surface area (Å²) < 4.78 is 8.68. The molecule has 178 valence electrons. The second kappa shape index (κ2) is 11.7. The summed E-state index contributed by atoms with van der Waals surface area (Å²) in [6, 6.07) is 11.6. The number of esters is 1. The van der Waals surface area contributed by atoms with Gasteiger partial charge in [-0.1, -0.05) is 57.6 Å². The number of carbonyl (C=O) groups is 1. The molecule has 0 aliphatic heterocycles. The zero-order valence-corrected chi connectivity index (χ0v) is 21.9. The molecule has 0 aliphatic carbocycles. The van der Waals surface area contributed by atoms with Gasteiger partial charge < -0.3 is 10.1 Å². The van der Waals surface area contributed by atoms with E-state index in [1.54, 1.807) is 0 Å². The van der Waals surface area contributed by atoms with Gasteiger partial charge in [-0.05, 0) is 67.4 Å². The third-order valence-corrected chi connectivity index (χ3v) is 5.87. The maximum atomic E-state index is 12.4. The van der Waals surface area contributed by atoms with Gasteiger partial charge in [-0.25, -0.2) is 4.98 Å². The highest BCUT2D eigenvalue weighted by Gasteiger charge is 2.20. The second-order valence-electron chi connectivity index (χ2n) is 9.63. The number of carbonyl (C=O) groups excluding carboxylic acids is 1. The minimum Gasteiger partial charge on any atom is -0.427 e. The Bertz CT molecular complexity index is 1070. The first-order chi connectivity index (χ1) is 15.8. The number of rotatable bonds is 11. The lowest BCUT2D eigenvalue weighted by Crippen LogP contribution is -2.27. The normalized spacial score (nSPS) is 11.7. The van der Waals surface area contributed by atoms with Gasteiger partial charge in [0.05, 0.1) is 0 Å². The van der Waals surface area contributed by atoms with Crippen molar-refractivity contribution < 1.29 is 9.53 Å². The Labute approximate surface area is 206 Å². The fourth-order valence-electron chi connectivity index (χ4n) is 3.81. The molecule has 3 rings (SSSR count). The fraction of sp³-hybridized carbons (Fsp3) is 0.481. The van der Waals surface area contributed by atoms with E-state index >= 15 is 0 Å². The van der Waals surface area contributed by atoms with Gasteiger partial charge >= 0.3 is 5.97 Å². The van der Waals surface area contributed by atoms with Gasteiger partial charge in [0.25, 0.3) is 0 Å². The molecule has 3 aromatic rings. The number of hydrogen-bond acceptors (Lipinski definition) is 4. The highest BCUT2D eigenvalue weighted by molar-refractivity contribution is 9.10. The van der Waals surface area contributed by atoms with Crippen LogP contribution < -0.4 is 10.1 Å². The number of fused-ring (bicyclic) bond motifs is 1. The number of unbranched alkanes of at least 4 members (excludes halogenated alkanes) is 6. The average Bonchev–Trinajstić information content (AvgIpc) is 3.09. The van der Waals surface area contributed by atoms with E-state index in [4.69, 9.17) is 9.72 Å². The van der Waals surface area contributed by atoms with E-state index in [0.717, 1.165) is 40.0 Å². The number of ether oxygens (including phenoxy) is 1. The molecule has 0 atom stereocenters. The molecule has 2 aromatic heterocycles. The smallest absolute Gasteiger partial charge is 0.311 e. The van der Waals surface area contributed by atoms with E-state index in [2.05, 4.69) is 48.9 Å². The minimum absolute atomic E-state index is 0.145. The predicted molar refractivity (Wildman–Crippen MR) is 140 cm³/mol. The number of imidazole rings is 1. The van der Waals surface area contributed by atoms with Crippen molar-refractivity contribution in [2.24, 2.45) is 0 Å². The van der Waals surface area contributed by atoms with Crippen molar-refractivity contribution in [1.29, 1.82) is 0 Å². The number of nitrogens with zero attached hydrogens (tertiary/aromatic N) is 2. The van der Waals surface area contributed by atoms with Crippen LogP contribution in [0.5, 0.6) is 5.75 Å². The van der Waals surface area contributed by atoms with Gasteiger partial charge in [0, 0.05) is 28.2 Å². The molecule has 1 N–H and O–H groups in total. The van der Waals surface area contributed by atoms with Gasteiger partial charge in [-0.3, -0.25) is 9.20 Å². The first kappa shape index (κ1) is 25.3. The third kappa shape index (κ3) is 7.60. The molecular formula is C27H36BrN3O2. The number of halogens is 1. The zero-order valence-electron chi connectivity index (χ0n) is 20.3. The lowest BCUT2D eigenvalue weighted by molar-refractivity contribution is -0.134. The highest BCUT2D eigenvalue weighted by Crippen LogP contribution is 2.33. The van der Waals surface area contributed by atoms with Crippen LogP contribution in [0.2, 0.25) is 0 Å². The number of nitrogens with one attached hydrogen (secondary N) is 1. The Morgan fingerprint density at radius 2 is 1.79 bits per heavy atom. The molecule has 33 heavy (non-hydrogen) atoms. The Hall–Kier alpha value is -2.34. The van der Waals surface area contributed by atoms with Crippen molar-refractivity contribution in [3.63, 3.8) is 0 Å². The molecule has 0 fully saturated rings. The molecule has 0 radical (unpaired) electrons. The number of hydrogen-bond donors (Lipinski definition) is 1. The Morgan fingerprint density at radius 3 is 2.52 bits per heavy atom. The van der Waals surface area contributed by atoms with Crippen LogP contribution in [0.15, 0.2) is 47.1 Å². The first-order valence-corrected chi connectivity index (χ1v) is 12.8. The molecule has 6 heteroatoms. The second-order valence-corrected chi connectivity index (χ2v) is 10.5. The van der Waals surface area contributed by atoms with Gasteiger partial charge in [-0.2, -0.15) is 0 Å². The fourth-order valence-corrected chi connectivity index (χ4v) is 4.15. The van der Waals surface area contributed by atoms with Crippen molar-refractivity contribution in [2.75, 3.05) is 5.32 Å². The monoisotopic (exact) mass is 513 g/mol. The van der Waals surface area contributed by atoms with E-state index in [1.807, 2.05) is 47.0 Å². The van der Waals surface area contributed by atoms with Gasteiger partial charge in [0.2, 0.25) is 0 Å². The van der Waals surface area contributed by atoms with E-state index in [1.165, 1.54) is 32.1 Å². The highest BCUT2D eigenvalue weighted by atomic mass is 79.9. The van der Waals surface area contributed by atoms with Crippen molar-refractivity contribution in [3.05, 3.63) is 47.1 Å². The Balaban J connectivity index is 1.71. The average molecular weight is 515 g/mol. The van der Waals surface area contributed by atoms with Crippen molar-refractivity contribution in [2.45, 2.75) is 84.6 Å². The van der Waals surface area contributed by atoms with E-state index in [-0.39, 0.29) is 11.5 Å². The van der Waals surface area contributed by atoms with Crippen LogP contribution >= 0.6 is 15.9 Å². The molecule has 0 aliphatic rings. The van der Waals surface area contributed by atoms with Crippen LogP contribution in [0.3, 0.4) is 0 Å². The standard InChI is InChI=1S/C27H36BrN3O2/c1-5-6-7-8-9-10-11-15-24(32)33-22-14-12-13-20(18-22)25-26(30-27(2,3)4)31-19-21(28)16-17-23(31)29-25/h12-14,16-19,30H,5-11,15H2,1-4H3.